The number of esters is 1. The van der Waals surface area contributed by atoms with Crippen molar-refractivity contribution in [2.45, 2.75) is 52.2 Å². The predicted molar refractivity (Wildman–Crippen MR) is 90.8 cm³/mol. The number of carbonyl (C=O) groups is 2. The Morgan fingerprint density at radius 3 is 2.67 bits per heavy atom. The molecule has 4 bridgehead atoms. The van der Waals surface area contributed by atoms with Crippen LogP contribution >= 0.6 is 0 Å². The summed E-state index contributed by atoms with van der Waals surface area (Å²) in [5.74, 6) is -0.377. The summed E-state index contributed by atoms with van der Waals surface area (Å²) in [5.41, 5.74) is 3.33. The van der Waals surface area contributed by atoms with Crippen LogP contribution in [0.4, 0.5) is 0 Å². The molecule has 0 aromatic heterocycles. The van der Waals surface area contributed by atoms with Gasteiger partial charge >= 0.3 is 5.97 Å². The van der Waals surface area contributed by atoms with Gasteiger partial charge in [-0.25, -0.2) is 4.79 Å². The highest BCUT2D eigenvalue weighted by Crippen LogP contribution is 2.35. The SMILES string of the molecule is C=C(C)[C@@H]1CCC2=C[C@H](C/C(C)=C\[C]3C=C(C)C(=O)[C@@H]1O3)OC2=O. The minimum absolute atomic E-state index is 0.00397. The highest BCUT2D eigenvalue weighted by molar-refractivity contribution is 6.00. The van der Waals surface area contributed by atoms with Crippen molar-refractivity contribution in [1.82, 2.24) is 0 Å². The molecular formula is C20H23O4. The second kappa shape index (κ2) is 6.52. The van der Waals surface area contributed by atoms with Crippen molar-refractivity contribution in [3.63, 3.8) is 0 Å². The van der Waals surface area contributed by atoms with Crippen molar-refractivity contribution >= 4 is 11.8 Å². The first kappa shape index (κ1) is 16.9. The maximum absolute atomic E-state index is 12.6. The molecule has 3 atom stereocenters. The number of rotatable bonds is 1. The normalized spacial score (nSPS) is 33.5. The van der Waals surface area contributed by atoms with Crippen LogP contribution in [0.15, 0.2) is 47.1 Å². The molecule has 0 spiro atoms. The Morgan fingerprint density at radius 1 is 1.21 bits per heavy atom. The lowest BCUT2D eigenvalue weighted by molar-refractivity contribution is -0.139. The molecule has 24 heavy (non-hydrogen) atoms. The molecule has 0 fully saturated rings. The maximum Gasteiger partial charge on any atom is 0.334 e. The lowest BCUT2D eigenvalue weighted by atomic mass is 9.83. The Morgan fingerprint density at radius 2 is 1.96 bits per heavy atom. The zero-order valence-corrected chi connectivity index (χ0v) is 14.4. The van der Waals surface area contributed by atoms with E-state index in [1.165, 1.54) is 0 Å². The molecule has 3 rings (SSSR count). The van der Waals surface area contributed by atoms with Crippen LogP contribution in [0.3, 0.4) is 0 Å². The molecule has 3 heterocycles. The van der Waals surface area contributed by atoms with Crippen molar-refractivity contribution in [3.05, 3.63) is 53.2 Å². The minimum atomic E-state index is -0.570. The Kier molecular flexibility index (Phi) is 4.59. The topological polar surface area (TPSA) is 52.6 Å². The Hall–Kier alpha value is -1.94. The lowest BCUT2D eigenvalue weighted by Gasteiger charge is -2.32. The van der Waals surface area contributed by atoms with Gasteiger partial charge in [0.2, 0.25) is 0 Å². The summed E-state index contributed by atoms with van der Waals surface area (Å²) in [5, 5.41) is 0. The zero-order chi connectivity index (χ0) is 17.4. The Bertz CT molecular complexity index is 680. The van der Waals surface area contributed by atoms with E-state index in [1.54, 1.807) is 6.08 Å². The average Bonchev–Trinajstić information content (AvgIpc) is 2.82. The Labute approximate surface area is 142 Å². The van der Waals surface area contributed by atoms with Gasteiger partial charge in [-0.3, -0.25) is 4.79 Å². The van der Waals surface area contributed by atoms with Crippen molar-refractivity contribution in [2.75, 3.05) is 0 Å². The van der Waals surface area contributed by atoms with Gasteiger partial charge in [0, 0.05) is 17.9 Å². The summed E-state index contributed by atoms with van der Waals surface area (Å²) >= 11 is 0. The summed E-state index contributed by atoms with van der Waals surface area (Å²) in [7, 11) is 0. The monoisotopic (exact) mass is 327 g/mol. The predicted octanol–water partition coefficient (Wildman–Crippen LogP) is 3.61. The molecule has 0 amide bonds. The summed E-state index contributed by atoms with van der Waals surface area (Å²) in [6.07, 6.45) is 7.39. The molecule has 0 aromatic carbocycles. The smallest absolute Gasteiger partial charge is 0.334 e. The van der Waals surface area contributed by atoms with Crippen molar-refractivity contribution < 1.29 is 19.1 Å². The molecule has 0 aliphatic carbocycles. The Balaban J connectivity index is 1.99. The van der Waals surface area contributed by atoms with Crippen LogP contribution in [-0.4, -0.2) is 24.0 Å². The number of Topliss-reactive ketones (excluding diaryl/α,β-unsaturated/α-hetero) is 1. The van der Waals surface area contributed by atoms with E-state index in [-0.39, 0.29) is 23.8 Å². The fraction of sp³-hybridized carbons (Fsp3) is 0.450. The quantitative estimate of drug-likeness (QED) is 0.545. The van der Waals surface area contributed by atoms with Crippen LogP contribution in [0.5, 0.6) is 0 Å². The second-order valence-corrected chi connectivity index (χ2v) is 6.95. The van der Waals surface area contributed by atoms with Gasteiger partial charge in [0.15, 0.2) is 5.78 Å². The van der Waals surface area contributed by atoms with Gasteiger partial charge in [-0.2, -0.15) is 0 Å². The van der Waals surface area contributed by atoms with Gasteiger partial charge in [0.05, 0.1) is 0 Å². The van der Waals surface area contributed by atoms with Crippen LogP contribution in [0.25, 0.3) is 0 Å². The van der Waals surface area contributed by atoms with E-state index in [0.29, 0.717) is 36.5 Å². The fourth-order valence-corrected chi connectivity index (χ4v) is 3.50. The standard InChI is InChI=1S/C20H23O4/c1-11(2)17-6-5-14-10-16(24-20(14)22)8-12(3)7-15-9-13(4)18(21)19(17)23-15/h7,9-10,16-17,19H,1,5-6,8H2,2-4H3/b12-7-/t16-,17-,19+/m0/s1. The van der Waals surface area contributed by atoms with E-state index in [1.807, 2.05) is 32.9 Å². The van der Waals surface area contributed by atoms with Gasteiger partial charge in [0.25, 0.3) is 0 Å². The van der Waals surface area contributed by atoms with Crippen LogP contribution in [0.2, 0.25) is 0 Å². The van der Waals surface area contributed by atoms with Crippen molar-refractivity contribution in [3.8, 4) is 0 Å². The minimum Gasteiger partial charge on any atom is -0.454 e. The molecule has 127 valence electrons. The lowest BCUT2D eigenvalue weighted by Crippen LogP contribution is -2.37. The van der Waals surface area contributed by atoms with E-state index < -0.39 is 6.10 Å². The third kappa shape index (κ3) is 3.29. The van der Waals surface area contributed by atoms with Crippen LogP contribution in [0, 0.1) is 12.0 Å². The van der Waals surface area contributed by atoms with E-state index in [4.69, 9.17) is 9.47 Å². The molecular weight excluding hydrogens is 304 g/mol. The summed E-state index contributed by atoms with van der Waals surface area (Å²) in [6.45, 7) is 9.75. The summed E-state index contributed by atoms with van der Waals surface area (Å²) in [6, 6.07) is 0. The molecule has 1 radical (unpaired) electrons. The molecule has 3 aliphatic heterocycles. The highest BCUT2D eigenvalue weighted by Gasteiger charge is 2.37. The number of hydrogen-bond acceptors (Lipinski definition) is 4. The number of ketones is 1. The largest absolute Gasteiger partial charge is 0.454 e. The molecule has 0 N–H and O–H groups in total. The number of fused-ring (bicyclic) bond motifs is 3. The maximum atomic E-state index is 12.6. The van der Waals surface area contributed by atoms with Gasteiger partial charge in [-0.15, -0.1) is 0 Å². The third-order valence-electron chi connectivity index (χ3n) is 4.81. The molecule has 0 saturated carbocycles. The van der Waals surface area contributed by atoms with E-state index in [2.05, 4.69) is 6.58 Å². The highest BCUT2D eigenvalue weighted by atomic mass is 16.5. The second-order valence-electron chi connectivity index (χ2n) is 6.95. The van der Waals surface area contributed by atoms with Crippen LogP contribution in [-0.2, 0) is 19.1 Å². The average molecular weight is 327 g/mol. The van der Waals surface area contributed by atoms with Gasteiger partial charge in [0.1, 0.15) is 18.3 Å². The number of carbonyl (C=O) groups excluding carboxylic acids is 2. The van der Waals surface area contributed by atoms with Crippen molar-refractivity contribution in [2.24, 2.45) is 5.92 Å². The number of hydrogen-bond donors (Lipinski definition) is 0. The zero-order valence-electron chi connectivity index (χ0n) is 14.4. The van der Waals surface area contributed by atoms with Gasteiger partial charge in [-0.1, -0.05) is 17.7 Å². The van der Waals surface area contributed by atoms with E-state index in [9.17, 15) is 9.59 Å². The van der Waals surface area contributed by atoms with E-state index >= 15 is 0 Å². The van der Waals surface area contributed by atoms with E-state index in [0.717, 1.165) is 11.1 Å². The summed E-state index contributed by atoms with van der Waals surface area (Å²) in [4.78, 5) is 24.6. The number of ether oxygens (including phenoxy) is 2. The van der Waals surface area contributed by atoms with Crippen LogP contribution in [0.1, 0.15) is 40.0 Å². The first-order valence-electron chi connectivity index (χ1n) is 8.35. The van der Waals surface area contributed by atoms with Crippen LogP contribution < -0.4 is 0 Å². The van der Waals surface area contributed by atoms with Gasteiger partial charge in [-0.05, 0) is 57.4 Å². The fourth-order valence-electron chi connectivity index (χ4n) is 3.50. The van der Waals surface area contributed by atoms with Crippen molar-refractivity contribution in [1.29, 1.82) is 0 Å². The molecule has 0 aromatic rings. The molecule has 4 nitrogen and oxygen atoms in total. The molecule has 3 aliphatic rings. The third-order valence-corrected chi connectivity index (χ3v) is 4.81. The first-order chi connectivity index (χ1) is 11.3. The summed E-state index contributed by atoms with van der Waals surface area (Å²) < 4.78 is 11.4. The van der Waals surface area contributed by atoms with Gasteiger partial charge < -0.3 is 9.47 Å². The molecule has 0 saturated heterocycles. The first-order valence-corrected chi connectivity index (χ1v) is 8.35. The molecule has 4 heteroatoms. The molecule has 0 unspecified atom stereocenters.